The van der Waals surface area contributed by atoms with Gasteiger partial charge in [-0.2, -0.15) is 5.10 Å². The maximum absolute atomic E-state index is 13.8. The fraction of sp³-hybridized carbons (Fsp3) is 0.688. The second kappa shape index (κ2) is 6.14. The summed E-state index contributed by atoms with van der Waals surface area (Å²) in [5.74, 6) is -4.63. The van der Waals surface area contributed by atoms with Crippen LogP contribution in [-0.4, -0.2) is 50.7 Å². The van der Waals surface area contributed by atoms with Crippen molar-refractivity contribution in [2.24, 2.45) is 12.5 Å². The molecule has 2 rings (SSSR count). The number of aliphatic carboxylic acids is 1. The molecule has 1 aliphatic rings. The van der Waals surface area contributed by atoms with Crippen molar-refractivity contribution in [3.63, 3.8) is 0 Å². The van der Waals surface area contributed by atoms with Crippen molar-refractivity contribution in [3.05, 3.63) is 17.0 Å². The molecule has 134 valence electrons. The van der Waals surface area contributed by atoms with Gasteiger partial charge in [0.1, 0.15) is 6.54 Å². The van der Waals surface area contributed by atoms with Gasteiger partial charge in [0.2, 0.25) is 0 Å². The molecule has 1 aliphatic carbocycles. The zero-order valence-corrected chi connectivity index (χ0v) is 14.4. The predicted molar refractivity (Wildman–Crippen MR) is 83.2 cm³/mol. The first-order valence-corrected chi connectivity index (χ1v) is 7.83. The molecule has 0 saturated carbocycles. The maximum Gasteiger partial charge on any atom is 0.323 e. The Morgan fingerprint density at radius 2 is 2.00 bits per heavy atom. The lowest BCUT2D eigenvalue weighted by atomic mass is 9.91. The van der Waals surface area contributed by atoms with E-state index < -0.39 is 30.8 Å². The molecule has 8 heteroatoms. The number of nitrogens with zero attached hydrogens (tertiary/aromatic N) is 3. The van der Waals surface area contributed by atoms with E-state index in [1.807, 2.05) is 20.8 Å². The summed E-state index contributed by atoms with van der Waals surface area (Å²) in [6.07, 6.45) is -0.654. The van der Waals surface area contributed by atoms with E-state index in [0.717, 1.165) is 4.90 Å². The summed E-state index contributed by atoms with van der Waals surface area (Å²) in [6.45, 7) is 5.32. The van der Waals surface area contributed by atoms with Crippen LogP contribution in [0, 0.1) is 5.41 Å². The third-order valence-corrected chi connectivity index (χ3v) is 3.92. The van der Waals surface area contributed by atoms with Gasteiger partial charge in [0.05, 0.1) is 0 Å². The monoisotopic (exact) mass is 343 g/mol. The summed E-state index contributed by atoms with van der Waals surface area (Å²) in [6, 6.07) is 0. The topological polar surface area (TPSA) is 75.4 Å². The maximum atomic E-state index is 13.8. The van der Waals surface area contributed by atoms with Gasteiger partial charge >= 0.3 is 5.97 Å². The Hall–Kier alpha value is -1.99. The number of hydrogen-bond acceptors (Lipinski definition) is 3. The Labute approximate surface area is 139 Å². The van der Waals surface area contributed by atoms with Gasteiger partial charge in [-0.1, -0.05) is 20.8 Å². The lowest BCUT2D eigenvalue weighted by molar-refractivity contribution is -0.138. The summed E-state index contributed by atoms with van der Waals surface area (Å²) < 4.78 is 29.0. The fourth-order valence-corrected chi connectivity index (χ4v) is 3.01. The number of halogens is 2. The number of carbonyl (C=O) groups excluding carboxylic acids is 1. The number of carbonyl (C=O) groups is 2. The van der Waals surface area contributed by atoms with Gasteiger partial charge < -0.3 is 10.0 Å². The smallest absolute Gasteiger partial charge is 0.323 e. The van der Waals surface area contributed by atoms with Crippen LogP contribution in [0.4, 0.5) is 8.78 Å². The van der Waals surface area contributed by atoms with Crippen LogP contribution in [0.1, 0.15) is 48.9 Å². The van der Waals surface area contributed by atoms with Crippen LogP contribution in [0.5, 0.6) is 0 Å². The minimum atomic E-state index is -2.87. The number of carboxylic acids is 1. The number of amides is 1. The molecule has 24 heavy (non-hydrogen) atoms. The lowest BCUT2D eigenvalue weighted by Crippen LogP contribution is -2.42. The molecule has 0 atom stereocenters. The third-order valence-electron chi connectivity index (χ3n) is 3.92. The van der Waals surface area contributed by atoms with Crippen LogP contribution in [0.25, 0.3) is 0 Å². The van der Waals surface area contributed by atoms with Gasteiger partial charge in [-0.15, -0.1) is 0 Å². The van der Waals surface area contributed by atoms with Gasteiger partial charge in [-0.05, 0) is 11.8 Å². The molecule has 6 nitrogen and oxygen atoms in total. The number of aryl methyl sites for hydroxylation is 1. The van der Waals surface area contributed by atoms with E-state index in [4.69, 9.17) is 5.11 Å². The number of rotatable bonds is 4. The second-order valence-electron chi connectivity index (χ2n) is 7.55. The molecule has 0 saturated heterocycles. The highest BCUT2D eigenvalue weighted by Gasteiger charge is 2.40. The quantitative estimate of drug-likeness (QED) is 0.909. The summed E-state index contributed by atoms with van der Waals surface area (Å²) in [7, 11) is 1.62. The average Bonchev–Trinajstić information content (AvgIpc) is 2.70. The molecule has 1 aromatic heterocycles. The predicted octanol–water partition coefficient (Wildman–Crippen LogP) is 2.12. The van der Waals surface area contributed by atoms with Crippen molar-refractivity contribution in [2.45, 2.75) is 46.0 Å². The highest BCUT2D eigenvalue weighted by molar-refractivity contribution is 5.95. The molecule has 1 heterocycles. The second-order valence-corrected chi connectivity index (χ2v) is 7.55. The van der Waals surface area contributed by atoms with Crippen molar-refractivity contribution in [3.8, 4) is 0 Å². The van der Waals surface area contributed by atoms with E-state index in [1.165, 1.54) is 4.68 Å². The van der Waals surface area contributed by atoms with Gasteiger partial charge in [0.15, 0.2) is 5.69 Å². The Kier molecular flexibility index (Phi) is 4.70. The van der Waals surface area contributed by atoms with Gasteiger partial charge in [-0.25, -0.2) is 8.78 Å². The van der Waals surface area contributed by atoms with E-state index in [1.54, 1.807) is 7.05 Å². The Morgan fingerprint density at radius 3 is 2.54 bits per heavy atom. The van der Waals surface area contributed by atoms with E-state index >= 15 is 0 Å². The lowest BCUT2D eigenvalue weighted by Gasteiger charge is -2.29. The summed E-state index contributed by atoms with van der Waals surface area (Å²) in [5.41, 5.74) is 0.472. The molecule has 1 aromatic rings. The molecule has 0 aromatic carbocycles. The molecular weight excluding hydrogens is 320 g/mol. The zero-order chi connectivity index (χ0) is 18.3. The molecule has 0 spiro atoms. The number of alkyl halides is 2. The first-order valence-electron chi connectivity index (χ1n) is 7.83. The molecule has 1 N–H and O–H groups in total. The Balaban J connectivity index is 2.38. The highest BCUT2D eigenvalue weighted by atomic mass is 19.3. The molecule has 0 aliphatic heterocycles. The largest absolute Gasteiger partial charge is 0.480 e. The SMILES string of the molecule is Cn1nc(C(=O)N(CC(=O)O)CC(C)(C)C)c2c1CCC(F)(F)C2. The Morgan fingerprint density at radius 1 is 1.38 bits per heavy atom. The van der Waals surface area contributed by atoms with Crippen molar-refractivity contribution < 1.29 is 23.5 Å². The van der Waals surface area contributed by atoms with Crippen molar-refractivity contribution in [2.75, 3.05) is 13.1 Å². The molecule has 0 unspecified atom stereocenters. The molecule has 0 bridgehead atoms. The first kappa shape index (κ1) is 18.4. The van der Waals surface area contributed by atoms with Gasteiger partial charge in [0.25, 0.3) is 11.8 Å². The Bertz CT molecular complexity index is 662. The van der Waals surface area contributed by atoms with E-state index in [2.05, 4.69) is 5.10 Å². The molecule has 1 amide bonds. The third kappa shape index (κ3) is 4.10. The first-order chi connectivity index (χ1) is 10.9. The van der Waals surface area contributed by atoms with Gasteiger partial charge in [-0.3, -0.25) is 14.3 Å². The van der Waals surface area contributed by atoms with E-state index in [0.29, 0.717) is 5.69 Å². The van der Waals surface area contributed by atoms with Crippen LogP contribution in [0.2, 0.25) is 0 Å². The highest BCUT2D eigenvalue weighted by Crippen LogP contribution is 2.35. The summed E-state index contributed by atoms with van der Waals surface area (Å²) >= 11 is 0. The number of hydrogen-bond donors (Lipinski definition) is 1. The van der Waals surface area contributed by atoms with Crippen molar-refractivity contribution >= 4 is 11.9 Å². The van der Waals surface area contributed by atoms with Crippen LogP contribution in [0.3, 0.4) is 0 Å². The standard InChI is InChI=1S/C16H23F2N3O3/c1-15(2,3)9-21(8-12(22)23)14(24)13-10-7-16(17,18)6-5-11(10)20(4)19-13/h5-9H2,1-4H3,(H,22,23). The average molecular weight is 343 g/mol. The van der Waals surface area contributed by atoms with Crippen LogP contribution in [-0.2, 0) is 24.7 Å². The summed E-state index contributed by atoms with van der Waals surface area (Å²) in [5, 5.41) is 13.2. The normalized spacial score (nSPS) is 16.6. The van der Waals surface area contributed by atoms with E-state index in [-0.39, 0.29) is 36.1 Å². The van der Waals surface area contributed by atoms with Gasteiger partial charge in [0, 0.05) is 37.7 Å². The number of carboxylic acid groups (broad SMARTS) is 1. The molecule has 0 radical (unpaired) electrons. The molecule has 0 fully saturated rings. The van der Waals surface area contributed by atoms with E-state index in [9.17, 15) is 18.4 Å². The number of aromatic nitrogens is 2. The zero-order valence-electron chi connectivity index (χ0n) is 14.4. The van der Waals surface area contributed by atoms with Crippen LogP contribution >= 0.6 is 0 Å². The minimum absolute atomic E-state index is 0.0580. The fourth-order valence-electron chi connectivity index (χ4n) is 3.01. The number of fused-ring (bicyclic) bond motifs is 1. The van der Waals surface area contributed by atoms with Crippen LogP contribution in [0.15, 0.2) is 0 Å². The van der Waals surface area contributed by atoms with Crippen LogP contribution < -0.4 is 0 Å². The minimum Gasteiger partial charge on any atom is -0.480 e. The van der Waals surface area contributed by atoms with Crippen molar-refractivity contribution in [1.82, 2.24) is 14.7 Å². The molecular formula is C16H23F2N3O3. The summed E-state index contributed by atoms with van der Waals surface area (Å²) in [4.78, 5) is 25.0. The van der Waals surface area contributed by atoms with Crippen molar-refractivity contribution in [1.29, 1.82) is 0 Å².